The third-order valence-electron chi connectivity index (χ3n) is 5.15. The molecule has 0 aromatic carbocycles. The highest BCUT2D eigenvalue weighted by Gasteiger charge is 2.53. The van der Waals surface area contributed by atoms with Crippen LogP contribution in [0.5, 0.6) is 0 Å². The largest absolute Gasteiger partial charge is 0.366 e. The van der Waals surface area contributed by atoms with Crippen LogP contribution in [0.15, 0.2) is 0 Å². The first kappa shape index (κ1) is 16.7. The van der Waals surface area contributed by atoms with E-state index < -0.39 is 18.2 Å². The number of Topliss-reactive ketones (excluding diaryl/α,β-unsaturated/α-hetero) is 1. The summed E-state index contributed by atoms with van der Waals surface area (Å²) in [6, 6.07) is -1.16. The quantitative estimate of drug-likeness (QED) is 0.772. The minimum absolute atomic E-state index is 0.0105. The Bertz CT molecular complexity index is 506. The Kier molecular flexibility index (Phi) is 4.92. The summed E-state index contributed by atoms with van der Waals surface area (Å²) < 4.78 is 5.43. The van der Waals surface area contributed by atoms with Gasteiger partial charge < -0.3 is 15.0 Å². The predicted molar refractivity (Wildman–Crippen MR) is 84.1 cm³/mol. The van der Waals surface area contributed by atoms with Crippen molar-refractivity contribution in [2.45, 2.75) is 62.6 Å². The standard InChI is InChI=1S/C16H23ClN2O4/c1-9(20)18-13(10-5-3-2-4-6-10)16(22)19-7-11(17)15-14(19)12(21)8-23-15/h10-11,13-15H,2-8H2,1H3,(H,18,20). The summed E-state index contributed by atoms with van der Waals surface area (Å²) in [4.78, 5) is 38.2. The van der Waals surface area contributed by atoms with Crippen molar-refractivity contribution < 1.29 is 19.1 Å². The topological polar surface area (TPSA) is 75.7 Å². The minimum atomic E-state index is -0.593. The van der Waals surface area contributed by atoms with Crippen LogP contribution in [0.2, 0.25) is 0 Å². The maximum Gasteiger partial charge on any atom is 0.246 e. The van der Waals surface area contributed by atoms with Gasteiger partial charge in [0.1, 0.15) is 24.8 Å². The molecule has 0 bridgehead atoms. The van der Waals surface area contributed by atoms with Crippen molar-refractivity contribution in [3.8, 4) is 0 Å². The number of fused-ring (bicyclic) bond motifs is 1. The van der Waals surface area contributed by atoms with Crippen molar-refractivity contribution in [3.05, 3.63) is 0 Å². The maximum absolute atomic E-state index is 13.1. The van der Waals surface area contributed by atoms with E-state index in [1.807, 2.05) is 0 Å². The zero-order chi connectivity index (χ0) is 16.6. The summed E-state index contributed by atoms with van der Waals surface area (Å²) >= 11 is 6.26. The molecule has 1 saturated carbocycles. The van der Waals surface area contributed by atoms with Gasteiger partial charge in [-0.1, -0.05) is 19.3 Å². The molecule has 1 N–H and O–H groups in total. The molecule has 4 unspecified atom stereocenters. The molecule has 2 saturated heterocycles. The van der Waals surface area contributed by atoms with Gasteiger partial charge in [-0.05, 0) is 18.8 Å². The molecule has 6 nitrogen and oxygen atoms in total. The van der Waals surface area contributed by atoms with Crippen LogP contribution in [0, 0.1) is 5.92 Å². The van der Waals surface area contributed by atoms with Crippen LogP contribution in [-0.4, -0.2) is 59.2 Å². The Morgan fingerprint density at radius 3 is 2.65 bits per heavy atom. The molecule has 23 heavy (non-hydrogen) atoms. The fourth-order valence-corrected chi connectivity index (χ4v) is 4.43. The van der Waals surface area contributed by atoms with Crippen molar-refractivity contribution in [3.63, 3.8) is 0 Å². The number of ether oxygens (including phenoxy) is 1. The van der Waals surface area contributed by atoms with Crippen LogP contribution in [0.25, 0.3) is 0 Å². The van der Waals surface area contributed by atoms with Crippen molar-refractivity contribution in [2.24, 2.45) is 5.92 Å². The summed E-state index contributed by atoms with van der Waals surface area (Å²) in [7, 11) is 0. The van der Waals surface area contributed by atoms with Crippen molar-refractivity contribution in [2.75, 3.05) is 13.2 Å². The van der Waals surface area contributed by atoms with Gasteiger partial charge in [0.25, 0.3) is 0 Å². The Hall–Kier alpha value is -1.14. The molecule has 2 aliphatic heterocycles. The molecule has 3 rings (SSSR count). The van der Waals surface area contributed by atoms with Crippen LogP contribution in [0.4, 0.5) is 0 Å². The number of carbonyl (C=O) groups excluding carboxylic acids is 3. The molecule has 128 valence electrons. The average Bonchev–Trinajstić information content (AvgIpc) is 3.07. The zero-order valence-corrected chi connectivity index (χ0v) is 14.1. The maximum atomic E-state index is 13.1. The summed E-state index contributed by atoms with van der Waals surface area (Å²) in [6.07, 6.45) is 4.74. The molecule has 0 aromatic rings. The van der Waals surface area contributed by atoms with Gasteiger partial charge in [0.05, 0.1) is 5.38 Å². The van der Waals surface area contributed by atoms with Crippen molar-refractivity contribution in [1.82, 2.24) is 10.2 Å². The molecule has 0 radical (unpaired) electrons. The van der Waals surface area contributed by atoms with E-state index in [0.717, 1.165) is 25.7 Å². The predicted octanol–water partition coefficient (Wildman–Crippen LogP) is 0.857. The van der Waals surface area contributed by atoms with E-state index in [-0.39, 0.29) is 35.5 Å². The molecule has 3 aliphatic rings. The molecular weight excluding hydrogens is 320 g/mol. The number of nitrogens with one attached hydrogen (secondary N) is 1. The van der Waals surface area contributed by atoms with E-state index in [1.165, 1.54) is 18.2 Å². The smallest absolute Gasteiger partial charge is 0.246 e. The van der Waals surface area contributed by atoms with Crippen LogP contribution in [0.1, 0.15) is 39.0 Å². The number of hydrogen-bond acceptors (Lipinski definition) is 4. The first-order valence-electron chi connectivity index (χ1n) is 8.35. The first-order chi connectivity index (χ1) is 11.0. The Balaban J connectivity index is 1.79. The lowest BCUT2D eigenvalue weighted by atomic mass is 9.83. The van der Waals surface area contributed by atoms with Crippen LogP contribution < -0.4 is 5.32 Å². The van der Waals surface area contributed by atoms with E-state index in [1.54, 1.807) is 0 Å². The van der Waals surface area contributed by atoms with Crippen LogP contribution in [-0.2, 0) is 19.1 Å². The highest BCUT2D eigenvalue weighted by molar-refractivity contribution is 6.22. The number of likely N-dealkylation sites (tertiary alicyclic amines) is 1. The number of carbonyl (C=O) groups is 3. The number of rotatable bonds is 3. The molecule has 4 atom stereocenters. The average molecular weight is 343 g/mol. The third kappa shape index (κ3) is 3.24. The van der Waals surface area contributed by atoms with Gasteiger partial charge in [0.15, 0.2) is 5.78 Å². The molecule has 3 fully saturated rings. The van der Waals surface area contributed by atoms with Gasteiger partial charge in [-0.2, -0.15) is 0 Å². The van der Waals surface area contributed by atoms with E-state index >= 15 is 0 Å². The fraction of sp³-hybridized carbons (Fsp3) is 0.812. The van der Waals surface area contributed by atoms with Gasteiger partial charge >= 0.3 is 0 Å². The highest BCUT2D eigenvalue weighted by Crippen LogP contribution is 2.33. The van der Waals surface area contributed by atoms with E-state index in [0.29, 0.717) is 6.54 Å². The molecule has 1 aliphatic carbocycles. The van der Waals surface area contributed by atoms with Gasteiger partial charge in [0.2, 0.25) is 11.8 Å². The molecule has 2 amide bonds. The third-order valence-corrected chi connectivity index (χ3v) is 5.54. The zero-order valence-electron chi connectivity index (χ0n) is 13.3. The minimum Gasteiger partial charge on any atom is -0.366 e. The number of ketones is 1. The lowest BCUT2D eigenvalue weighted by molar-refractivity contribution is -0.141. The van der Waals surface area contributed by atoms with Gasteiger partial charge in [-0.15, -0.1) is 11.6 Å². The molecule has 2 heterocycles. The number of amides is 2. The van der Waals surface area contributed by atoms with E-state index in [9.17, 15) is 14.4 Å². The van der Waals surface area contributed by atoms with Gasteiger partial charge in [-0.3, -0.25) is 14.4 Å². The van der Waals surface area contributed by atoms with Gasteiger partial charge in [-0.25, -0.2) is 0 Å². The van der Waals surface area contributed by atoms with Crippen molar-refractivity contribution >= 4 is 29.2 Å². The SMILES string of the molecule is CC(=O)NC(C(=O)N1CC(Cl)C2OCC(=O)C21)C1CCCCC1. The van der Waals surface area contributed by atoms with Crippen molar-refractivity contribution in [1.29, 1.82) is 0 Å². The van der Waals surface area contributed by atoms with Gasteiger partial charge in [0, 0.05) is 13.5 Å². The number of hydrogen-bond donors (Lipinski definition) is 1. The lowest BCUT2D eigenvalue weighted by Crippen LogP contribution is -2.55. The summed E-state index contributed by atoms with van der Waals surface area (Å²) in [6.45, 7) is 1.73. The highest BCUT2D eigenvalue weighted by atomic mass is 35.5. The first-order valence-corrected chi connectivity index (χ1v) is 8.78. The monoisotopic (exact) mass is 342 g/mol. The normalized spacial score (nSPS) is 32.7. The molecule has 0 aromatic heterocycles. The Morgan fingerprint density at radius 1 is 1.30 bits per heavy atom. The second-order valence-corrected chi connectivity index (χ2v) is 7.33. The fourth-order valence-electron chi connectivity index (χ4n) is 4.07. The molecular formula is C16H23ClN2O4. The Labute approximate surface area is 140 Å². The second-order valence-electron chi connectivity index (χ2n) is 6.77. The van der Waals surface area contributed by atoms with Crippen LogP contribution in [0.3, 0.4) is 0 Å². The molecule has 0 spiro atoms. The lowest BCUT2D eigenvalue weighted by Gasteiger charge is -2.33. The summed E-state index contributed by atoms with van der Waals surface area (Å²) in [5.41, 5.74) is 0. The summed E-state index contributed by atoms with van der Waals surface area (Å²) in [5, 5.41) is 2.44. The molecule has 7 heteroatoms. The van der Waals surface area contributed by atoms with E-state index in [4.69, 9.17) is 16.3 Å². The van der Waals surface area contributed by atoms with E-state index in [2.05, 4.69) is 5.32 Å². The second kappa shape index (κ2) is 6.77. The van der Waals surface area contributed by atoms with Crippen LogP contribution >= 0.6 is 11.6 Å². The number of alkyl halides is 1. The number of nitrogens with zero attached hydrogens (tertiary/aromatic N) is 1. The summed E-state index contributed by atoms with van der Waals surface area (Å²) in [5.74, 6) is -0.382. The number of halogens is 1. The Morgan fingerprint density at radius 2 is 2.00 bits per heavy atom.